The van der Waals surface area contributed by atoms with Gasteiger partial charge in [0.05, 0.1) is 0 Å². The molecular formula is C9H15NO4. The fourth-order valence-electron chi connectivity index (χ4n) is 1.69. The first kappa shape index (κ1) is 11.0. The second-order valence-electron chi connectivity index (χ2n) is 3.37. The fraction of sp³-hybridized carbons (Fsp3) is 0.778. The average Bonchev–Trinajstić information content (AvgIpc) is 2.18. The Labute approximate surface area is 82.6 Å². The SMILES string of the molecule is COCC(=O)N1CCCC[C@@H]1C(=O)O. The number of hydrogen-bond acceptors (Lipinski definition) is 3. The van der Waals surface area contributed by atoms with Crippen molar-refractivity contribution in [3.8, 4) is 0 Å². The van der Waals surface area contributed by atoms with Crippen LogP contribution in [0.25, 0.3) is 0 Å². The lowest BCUT2D eigenvalue weighted by atomic mass is 10.0. The molecule has 1 N–H and O–H groups in total. The molecule has 80 valence electrons. The fourth-order valence-corrected chi connectivity index (χ4v) is 1.69. The Bertz CT molecular complexity index is 229. The van der Waals surface area contributed by atoms with Crippen LogP contribution < -0.4 is 0 Å². The lowest BCUT2D eigenvalue weighted by molar-refractivity contribution is -0.153. The van der Waals surface area contributed by atoms with Gasteiger partial charge in [0.15, 0.2) is 0 Å². The molecule has 5 heteroatoms. The Morgan fingerprint density at radius 1 is 1.50 bits per heavy atom. The molecule has 1 saturated heterocycles. The summed E-state index contributed by atoms with van der Waals surface area (Å²) < 4.78 is 4.70. The molecule has 0 aromatic heterocycles. The standard InChI is InChI=1S/C9H15NO4/c1-14-6-8(11)10-5-3-2-4-7(10)9(12)13/h7H,2-6H2,1H3,(H,12,13)/t7-/m1/s1. The number of methoxy groups -OCH3 is 1. The van der Waals surface area contributed by atoms with E-state index in [9.17, 15) is 9.59 Å². The number of nitrogens with zero attached hydrogens (tertiary/aromatic N) is 1. The number of aliphatic carboxylic acids is 1. The molecule has 0 radical (unpaired) electrons. The van der Waals surface area contributed by atoms with Crippen LogP contribution in [0.15, 0.2) is 0 Å². The van der Waals surface area contributed by atoms with E-state index in [0.29, 0.717) is 13.0 Å². The normalized spacial score (nSPS) is 22.1. The first-order valence-electron chi connectivity index (χ1n) is 4.68. The smallest absolute Gasteiger partial charge is 0.326 e. The molecule has 0 bridgehead atoms. The summed E-state index contributed by atoms with van der Waals surface area (Å²) in [5.74, 6) is -1.16. The highest BCUT2D eigenvalue weighted by Crippen LogP contribution is 2.17. The number of amides is 1. The molecule has 0 aromatic carbocycles. The second kappa shape index (κ2) is 4.95. The summed E-state index contributed by atoms with van der Waals surface area (Å²) >= 11 is 0. The molecule has 0 aromatic rings. The van der Waals surface area contributed by atoms with Crippen molar-refractivity contribution >= 4 is 11.9 Å². The van der Waals surface area contributed by atoms with Crippen LogP contribution in [0.3, 0.4) is 0 Å². The third-order valence-corrected chi connectivity index (χ3v) is 2.38. The van der Waals surface area contributed by atoms with Gasteiger partial charge in [-0.1, -0.05) is 0 Å². The van der Waals surface area contributed by atoms with Crippen LogP contribution in [0.1, 0.15) is 19.3 Å². The van der Waals surface area contributed by atoms with Gasteiger partial charge in [0.25, 0.3) is 0 Å². The van der Waals surface area contributed by atoms with Crippen molar-refractivity contribution in [3.05, 3.63) is 0 Å². The van der Waals surface area contributed by atoms with E-state index in [-0.39, 0.29) is 12.5 Å². The number of carboxylic acid groups (broad SMARTS) is 1. The topological polar surface area (TPSA) is 66.8 Å². The second-order valence-corrected chi connectivity index (χ2v) is 3.37. The lowest BCUT2D eigenvalue weighted by Gasteiger charge is -2.32. The van der Waals surface area contributed by atoms with Crippen LogP contribution in [-0.4, -0.2) is 48.2 Å². The van der Waals surface area contributed by atoms with E-state index in [1.807, 2.05) is 0 Å². The lowest BCUT2D eigenvalue weighted by Crippen LogP contribution is -2.49. The van der Waals surface area contributed by atoms with Crippen molar-refractivity contribution in [1.82, 2.24) is 4.90 Å². The molecule has 5 nitrogen and oxygen atoms in total. The Hall–Kier alpha value is -1.10. The van der Waals surface area contributed by atoms with Crippen LogP contribution in [0.2, 0.25) is 0 Å². The number of piperidine rings is 1. The van der Waals surface area contributed by atoms with Gasteiger partial charge in [-0.15, -0.1) is 0 Å². The number of hydrogen-bond donors (Lipinski definition) is 1. The summed E-state index contributed by atoms with van der Waals surface area (Å²) in [6, 6.07) is -0.661. The summed E-state index contributed by atoms with van der Waals surface area (Å²) in [5, 5.41) is 8.89. The molecule has 1 atom stereocenters. The minimum absolute atomic E-state index is 0.0379. The van der Waals surface area contributed by atoms with Gasteiger partial charge in [0.1, 0.15) is 12.6 Å². The van der Waals surface area contributed by atoms with Crippen LogP contribution in [0, 0.1) is 0 Å². The number of carbonyl (C=O) groups is 2. The maximum Gasteiger partial charge on any atom is 0.326 e. The number of carboxylic acids is 1. The Kier molecular flexibility index (Phi) is 3.88. The first-order valence-corrected chi connectivity index (χ1v) is 4.68. The average molecular weight is 201 g/mol. The maximum absolute atomic E-state index is 11.5. The van der Waals surface area contributed by atoms with Crippen molar-refractivity contribution in [1.29, 1.82) is 0 Å². The van der Waals surface area contributed by atoms with E-state index >= 15 is 0 Å². The third kappa shape index (κ3) is 2.45. The summed E-state index contributed by atoms with van der Waals surface area (Å²) in [5.41, 5.74) is 0. The molecule has 0 spiro atoms. The molecule has 1 amide bonds. The van der Waals surface area contributed by atoms with Crippen molar-refractivity contribution in [2.24, 2.45) is 0 Å². The van der Waals surface area contributed by atoms with Gasteiger partial charge in [0.2, 0.25) is 5.91 Å². The third-order valence-electron chi connectivity index (χ3n) is 2.38. The highest BCUT2D eigenvalue weighted by Gasteiger charge is 2.31. The molecule has 1 heterocycles. The van der Waals surface area contributed by atoms with Gasteiger partial charge in [0, 0.05) is 13.7 Å². The van der Waals surface area contributed by atoms with E-state index in [0.717, 1.165) is 12.8 Å². The van der Waals surface area contributed by atoms with E-state index in [4.69, 9.17) is 9.84 Å². The molecule has 0 aliphatic carbocycles. The minimum atomic E-state index is -0.922. The van der Waals surface area contributed by atoms with Gasteiger partial charge in [-0.3, -0.25) is 4.79 Å². The molecule has 0 saturated carbocycles. The predicted octanol–water partition coefficient (Wildman–Crippen LogP) is 0.0985. The molecule has 1 rings (SSSR count). The number of ether oxygens (including phenoxy) is 1. The minimum Gasteiger partial charge on any atom is -0.480 e. The summed E-state index contributed by atoms with van der Waals surface area (Å²) in [6.07, 6.45) is 2.29. The zero-order chi connectivity index (χ0) is 10.6. The van der Waals surface area contributed by atoms with E-state index < -0.39 is 12.0 Å². The number of carbonyl (C=O) groups excluding carboxylic acids is 1. The molecule has 1 aliphatic heterocycles. The zero-order valence-electron chi connectivity index (χ0n) is 8.23. The van der Waals surface area contributed by atoms with E-state index in [1.54, 1.807) is 0 Å². The zero-order valence-corrected chi connectivity index (χ0v) is 8.23. The van der Waals surface area contributed by atoms with Crippen LogP contribution in [-0.2, 0) is 14.3 Å². The van der Waals surface area contributed by atoms with Crippen molar-refractivity contribution in [2.75, 3.05) is 20.3 Å². The largest absolute Gasteiger partial charge is 0.480 e. The van der Waals surface area contributed by atoms with Crippen LogP contribution in [0.5, 0.6) is 0 Å². The molecule has 1 fully saturated rings. The first-order chi connectivity index (χ1) is 6.66. The highest BCUT2D eigenvalue weighted by atomic mass is 16.5. The molecular weight excluding hydrogens is 186 g/mol. The van der Waals surface area contributed by atoms with Crippen molar-refractivity contribution in [2.45, 2.75) is 25.3 Å². The van der Waals surface area contributed by atoms with Crippen LogP contribution in [0.4, 0.5) is 0 Å². The predicted molar refractivity (Wildman–Crippen MR) is 48.9 cm³/mol. The molecule has 1 aliphatic rings. The van der Waals surface area contributed by atoms with E-state index in [2.05, 4.69) is 0 Å². The highest BCUT2D eigenvalue weighted by molar-refractivity contribution is 5.84. The maximum atomic E-state index is 11.5. The number of likely N-dealkylation sites (tertiary alicyclic amines) is 1. The van der Waals surface area contributed by atoms with Gasteiger partial charge in [-0.2, -0.15) is 0 Å². The number of rotatable bonds is 3. The summed E-state index contributed by atoms with van der Waals surface area (Å²) in [4.78, 5) is 23.7. The Morgan fingerprint density at radius 3 is 2.79 bits per heavy atom. The van der Waals surface area contributed by atoms with Gasteiger partial charge >= 0.3 is 5.97 Å². The monoisotopic (exact) mass is 201 g/mol. The summed E-state index contributed by atoms with van der Waals surface area (Å²) in [6.45, 7) is 0.489. The van der Waals surface area contributed by atoms with Gasteiger partial charge in [-0.05, 0) is 19.3 Å². The molecule has 0 unspecified atom stereocenters. The molecule has 14 heavy (non-hydrogen) atoms. The quantitative estimate of drug-likeness (QED) is 0.703. The Morgan fingerprint density at radius 2 is 2.21 bits per heavy atom. The van der Waals surface area contributed by atoms with Crippen LogP contribution >= 0.6 is 0 Å². The van der Waals surface area contributed by atoms with Gasteiger partial charge < -0.3 is 14.7 Å². The summed E-state index contributed by atoms with van der Waals surface area (Å²) in [7, 11) is 1.43. The van der Waals surface area contributed by atoms with Crippen molar-refractivity contribution in [3.63, 3.8) is 0 Å². The van der Waals surface area contributed by atoms with E-state index in [1.165, 1.54) is 12.0 Å². The van der Waals surface area contributed by atoms with Gasteiger partial charge in [-0.25, -0.2) is 4.79 Å². The Balaban J connectivity index is 2.62. The van der Waals surface area contributed by atoms with Crippen molar-refractivity contribution < 1.29 is 19.4 Å².